The van der Waals surface area contributed by atoms with Crippen LogP contribution in [0.25, 0.3) is 0 Å². The molecule has 0 bridgehead atoms. The quantitative estimate of drug-likeness (QED) is 0.547. The lowest BCUT2D eigenvalue weighted by Crippen LogP contribution is -2.30. The summed E-state index contributed by atoms with van der Waals surface area (Å²) < 4.78 is 5.86. The van der Waals surface area contributed by atoms with Gasteiger partial charge in [0, 0.05) is 24.7 Å². The molecule has 19 heavy (non-hydrogen) atoms. The molecule has 0 aliphatic heterocycles. The van der Waals surface area contributed by atoms with Crippen LogP contribution in [0.5, 0.6) is 0 Å². The van der Waals surface area contributed by atoms with Gasteiger partial charge in [-0.05, 0) is 39.8 Å². The third-order valence-corrected chi connectivity index (χ3v) is 3.27. The summed E-state index contributed by atoms with van der Waals surface area (Å²) in [6.07, 6.45) is 3.10. The molecule has 0 radical (unpaired) electrons. The van der Waals surface area contributed by atoms with Crippen molar-refractivity contribution in [2.75, 3.05) is 13.1 Å². The van der Waals surface area contributed by atoms with Crippen molar-refractivity contribution in [2.24, 2.45) is 0 Å². The first-order chi connectivity index (χ1) is 9.08. The van der Waals surface area contributed by atoms with Gasteiger partial charge < -0.3 is 9.73 Å². The predicted molar refractivity (Wildman–Crippen MR) is 81.2 cm³/mol. The van der Waals surface area contributed by atoms with Gasteiger partial charge in [0.15, 0.2) is 0 Å². The Hall–Kier alpha value is -1.06. The molecule has 0 aliphatic rings. The molecule has 0 unspecified atom stereocenters. The van der Waals surface area contributed by atoms with E-state index < -0.39 is 0 Å². The second kappa shape index (κ2) is 8.18. The summed E-state index contributed by atoms with van der Waals surface area (Å²) in [5.41, 5.74) is 1.27. The molecule has 0 fully saturated rings. The summed E-state index contributed by atoms with van der Waals surface area (Å²) in [5, 5.41) is 3.42. The highest BCUT2D eigenvalue weighted by molar-refractivity contribution is 5.20. The van der Waals surface area contributed by atoms with Crippen molar-refractivity contribution < 1.29 is 4.42 Å². The zero-order valence-electron chi connectivity index (χ0n) is 12.8. The summed E-state index contributed by atoms with van der Waals surface area (Å²) in [6.45, 7) is 16.1. The number of hydrogen-bond acceptors (Lipinski definition) is 3. The Balaban J connectivity index is 2.63. The van der Waals surface area contributed by atoms with E-state index in [1.807, 2.05) is 13.0 Å². The highest BCUT2D eigenvalue weighted by atomic mass is 16.3. The van der Waals surface area contributed by atoms with Crippen molar-refractivity contribution in [1.29, 1.82) is 0 Å². The second-order valence-electron chi connectivity index (χ2n) is 5.28. The second-order valence-corrected chi connectivity index (χ2v) is 5.28. The van der Waals surface area contributed by atoms with Crippen LogP contribution in [0, 0.1) is 6.92 Å². The molecule has 0 aromatic carbocycles. The molecular formula is C16H28N2O. The third kappa shape index (κ3) is 5.21. The molecule has 0 spiro atoms. The van der Waals surface area contributed by atoms with Crippen LogP contribution in [0.4, 0.5) is 0 Å². The molecule has 1 aromatic heterocycles. The Bertz CT molecular complexity index is 382. The maximum atomic E-state index is 5.86. The molecule has 3 nitrogen and oxygen atoms in total. The minimum Gasteiger partial charge on any atom is -0.465 e. The molecule has 1 N–H and O–H groups in total. The fourth-order valence-corrected chi connectivity index (χ4v) is 2.06. The van der Waals surface area contributed by atoms with Gasteiger partial charge in [0.05, 0.1) is 6.54 Å². The zero-order chi connectivity index (χ0) is 14.3. The maximum absolute atomic E-state index is 5.86. The van der Waals surface area contributed by atoms with E-state index in [1.165, 1.54) is 5.56 Å². The van der Waals surface area contributed by atoms with E-state index in [-0.39, 0.29) is 0 Å². The smallest absolute Gasteiger partial charge is 0.118 e. The predicted octanol–water partition coefficient (Wildman–Crippen LogP) is 3.48. The van der Waals surface area contributed by atoms with Crippen molar-refractivity contribution in [2.45, 2.75) is 53.2 Å². The summed E-state index contributed by atoms with van der Waals surface area (Å²) in [4.78, 5) is 2.34. The Morgan fingerprint density at radius 2 is 2.21 bits per heavy atom. The summed E-state index contributed by atoms with van der Waals surface area (Å²) in [6, 6.07) is 2.67. The minimum atomic E-state index is 0.491. The number of rotatable bonds is 9. The lowest BCUT2D eigenvalue weighted by atomic mass is 10.2. The highest BCUT2D eigenvalue weighted by Gasteiger charge is 2.13. The first-order valence-corrected chi connectivity index (χ1v) is 7.22. The van der Waals surface area contributed by atoms with Crippen LogP contribution in [-0.2, 0) is 13.1 Å². The van der Waals surface area contributed by atoms with Crippen molar-refractivity contribution in [3.05, 3.63) is 35.8 Å². The monoisotopic (exact) mass is 264 g/mol. The fraction of sp³-hybridized carbons (Fsp3) is 0.625. The Labute approximate surface area is 117 Å². The molecule has 1 rings (SSSR count). The van der Waals surface area contributed by atoms with Gasteiger partial charge in [0.25, 0.3) is 0 Å². The molecule has 0 saturated carbocycles. The van der Waals surface area contributed by atoms with Crippen LogP contribution in [-0.4, -0.2) is 24.0 Å². The van der Waals surface area contributed by atoms with Crippen molar-refractivity contribution in [3.8, 4) is 0 Å². The number of nitrogens with one attached hydrogen (secondary N) is 1. The topological polar surface area (TPSA) is 28.4 Å². The van der Waals surface area contributed by atoms with E-state index in [9.17, 15) is 0 Å². The Kier molecular flexibility index (Phi) is 6.89. The summed E-state index contributed by atoms with van der Waals surface area (Å²) in [7, 11) is 0. The van der Waals surface area contributed by atoms with Gasteiger partial charge in [-0.25, -0.2) is 0 Å². The third-order valence-electron chi connectivity index (χ3n) is 3.27. The van der Waals surface area contributed by atoms with Gasteiger partial charge in [-0.2, -0.15) is 0 Å². The average molecular weight is 264 g/mol. The molecule has 0 atom stereocenters. The standard InChI is InChI=1S/C16H28N2O/c1-6-8-17-11-15-10-16(19-14(15)5)12-18(9-7-2)13(3)4/h7,10,13,17H,2,6,8-9,11-12H2,1,3-5H3. The number of hydrogen-bond donors (Lipinski definition) is 1. The first kappa shape index (κ1) is 16.0. The maximum Gasteiger partial charge on any atom is 0.118 e. The van der Waals surface area contributed by atoms with E-state index in [0.29, 0.717) is 6.04 Å². The summed E-state index contributed by atoms with van der Waals surface area (Å²) in [5.74, 6) is 2.07. The van der Waals surface area contributed by atoms with E-state index in [1.54, 1.807) is 0 Å². The van der Waals surface area contributed by atoms with Crippen LogP contribution in [0.3, 0.4) is 0 Å². The molecule has 108 valence electrons. The molecule has 3 heteroatoms. The normalized spacial score (nSPS) is 11.5. The zero-order valence-corrected chi connectivity index (χ0v) is 12.8. The minimum absolute atomic E-state index is 0.491. The van der Waals surface area contributed by atoms with E-state index in [2.05, 4.69) is 43.6 Å². The average Bonchev–Trinajstić information content (AvgIpc) is 2.70. The largest absolute Gasteiger partial charge is 0.465 e. The van der Waals surface area contributed by atoms with Crippen LogP contribution in [0.2, 0.25) is 0 Å². The number of furan rings is 1. The van der Waals surface area contributed by atoms with Crippen LogP contribution >= 0.6 is 0 Å². The van der Waals surface area contributed by atoms with Crippen molar-refractivity contribution in [3.63, 3.8) is 0 Å². The number of nitrogens with zero attached hydrogens (tertiary/aromatic N) is 1. The van der Waals surface area contributed by atoms with Gasteiger partial charge in [-0.3, -0.25) is 4.90 Å². The molecule has 1 heterocycles. The molecular weight excluding hydrogens is 236 g/mol. The van der Waals surface area contributed by atoms with E-state index >= 15 is 0 Å². The summed E-state index contributed by atoms with van der Waals surface area (Å²) >= 11 is 0. The van der Waals surface area contributed by atoms with Crippen LogP contribution in [0.1, 0.15) is 44.3 Å². The van der Waals surface area contributed by atoms with Gasteiger partial charge in [0.1, 0.15) is 11.5 Å². The number of aryl methyl sites for hydroxylation is 1. The van der Waals surface area contributed by atoms with E-state index in [4.69, 9.17) is 4.42 Å². The van der Waals surface area contributed by atoms with E-state index in [0.717, 1.165) is 44.1 Å². The van der Waals surface area contributed by atoms with Crippen molar-refractivity contribution >= 4 is 0 Å². The molecule has 1 aromatic rings. The van der Waals surface area contributed by atoms with Crippen molar-refractivity contribution in [1.82, 2.24) is 10.2 Å². The first-order valence-electron chi connectivity index (χ1n) is 7.22. The highest BCUT2D eigenvalue weighted by Crippen LogP contribution is 2.17. The Morgan fingerprint density at radius 1 is 1.47 bits per heavy atom. The van der Waals surface area contributed by atoms with Gasteiger partial charge in [0.2, 0.25) is 0 Å². The van der Waals surface area contributed by atoms with Gasteiger partial charge in [-0.15, -0.1) is 6.58 Å². The fourth-order valence-electron chi connectivity index (χ4n) is 2.06. The van der Waals surface area contributed by atoms with Gasteiger partial charge >= 0.3 is 0 Å². The van der Waals surface area contributed by atoms with Crippen LogP contribution in [0.15, 0.2) is 23.1 Å². The van der Waals surface area contributed by atoms with Gasteiger partial charge in [-0.1, -0.05) is 13.0 Å². The molecule has 0 amide bonds. The lowest BCUT2D eigenvalue weighted by molar-refractivity contribution is 0.217. The Morgan fingerprint density at radius 3 is 2.79 bits per heavy atom. The van der Waals surface area contributed by atoms with Crippen LogP contribution < -0.4 is 5.32 Å². The lowest BCUT2D eigenvalue weighted by Gasteiger charge is -2.23. The SMILES string of the molecule is C=CCN(Cc1cc(CNCCC)c(C)o1)C(C)C. The molecule has 0 saturated heterocycles. The molecule has 0 aliphatic carbocycles.